The van der Waals surface area contributed by atoms with E-state index in [1.165, 1.54) is 0 Å². The summed E-state index contributed by atoms with van der Waals surface area (Å²) >= 11 is 0. The molecule has 0 bridgehead atoms. The zero-order valence-corrected chi connectivity index (χ0v) is 14.9. The molecule has 2 aromatic rings. The van der Waals surface area contributed by atoms with Gasteiger partial charge in [-0.2, -0.15) is 0 Å². The Morgan fingerprint density at radius 1 is 0.667 bits per heavy atom. The van der Waals surface area contributed by atoms with Crippen molar-refractivity contribution in [1.82, 2.24) is 0 Å². The van der Waals surface area contributed by atoms with Crippen molar-refractivity contribution in [1.29, 1.82) is 0 Å². The zero-order chi connectivity index (χ0) is 11.4. The summed E-state index contributed by atoms with van der Waals surface area (Å²) in [6, 6.07) is 15.5. The smallest absolute Gasteiger partial charge is 1.00 e. The van der Waals surface area contributed by atoms with Gasteiger partial charge in [-0.25, -0.2) is 0 Å². The van der Waals surface area contributed by atoms with E-state index in [-0.39, 0.29) is 62.0 Å². The minimum absolute atomic E-state index is 0. The Kier molecular flexibility index (Phi) is 8.70. The Morgan fingerprint density at radius 3 is 1.33 bits per heavy atom. The summed E-state index contributed by atoms with van der Waals surface area (Å²) in [6.45, 7) is 0. The fourth-order valence-electron chi connectivity index (χ4n) is 1.50. The first-order valence-electron chi connectivity index (χ1n) is 5.14. The maximum absolute atomic E-state index is 5.84. The van der Waals surface area contributed by atoms with Gasteiger partial charge in [0, 0.05) is 11.4 Å². The average molecular weight is 258 g/mol. The molecule has 0 aliphatic rings. The van der Waals surface area contributed by atoms with Crippen molar-refractivity contribution in [2.75, 3.05) is 11.5 Å². The number of benzene rings is 2. The van der Waals surface area contributed by atoms with Gasteiger partial charge in [-0.15, -0.1) is 0 Å². The third kappa shape index (κ3) is 4.81. The van der Waals surface area contributed by atoms with Crippen LogP contribution >= 0.6 is 0 Å². The van der Waals surface area contributed by atoms with Gasteiger partial charge in [0.15, 0.2) is 0 Å². The molecule has 0 saturated heterocycles. The fourth-order valence-corrected chi connectivity index (χ4v) is 1.50. The minimum Gasteiger partial charge on any atom is -1.00 e. The molecule has 0 amide bonds. The van der Waals surface area contributed by atoms with Gasteiger partial charge in [0.05, 0.1) is 0 Å². The Labute approximate surface area is 155 Å². The molecule has 0 aromatic heterocycles. The molecule has 0 fully saturated rings. The molecule has 0 aliphatic heterocycles. The van der Waals surface area contributed by atoms with E-state index in [9.17, 15) is 0 Å². The predicted molar refractivity (Wildman–Crippen MR) is 72.9 cm³/mol. The molecule has 0 heterocycles. The van der Waals surface area contributed by atoms with Crippen molar-refractivity contribution in [3.05, 3.63) is 59.7 Å². The van der Waals surface area contributed by atoms with Gasteiger partial charge in [0.25, 0.3) is 0 Å². The van der Waals surface area contributed by atoms with Crippen LogP contribution in [0.2, 0.25) is 0 Å². The van der Waals surface area contributed by atoms with E-state index >= 15 is 0 Å². The minimum atomic E-state index is 0. The van der Waals surface area contributed by atoms with E-state index in [1.807, 2.05) is 60.7 Å². The van der Waals surface area contributed by atoms with Gasteiger partial charge in [-0.1, -0.05) is 48.6 Å². The molecule has 4 N–H and O–H groups in total. The summed E-state index contributed by atoms with van der Waals surface area (Å²) in [7, 11) is 0. The van der Waals surface area contributed by atoms with Crippen molar-refractivity contribution < 1.29 is 62.0 Å². The van der Waals surface area contributed by atoms with Crippen LogP contribution < -0.4 is 70.6 Å². The Morgan fingerprint density at radius 2 is 1.00 bits per heavy atom. The maximum Gasteiger partial charge on any atom is 1.00 e. The monoisotopic (exact) mass is 258 g/mol. The largest absolute Gasteiger partial charge is 1.00 e. The summed E-state index contributed by atoms with van der Waals surface area (Å²) < 4.78 is 0. The molecule has 4 heteroatoms. The Bertz CT molecular complexity index is 487. The van der Waals surface area contributed by atoms with Crippen LogP contribution in [0.25, 0.3) is 12.2 Å². The molecule has 0 spiro atoms. The van der Waals surface area contributed by atoms with E-state index in [4.69, 9.17) is 11.5 Å². The second-order valence-electron chi connectivity index (χ2n) is 3.59. The van der Waals surface area contributed by atoms with Crippen molar-refractivity contribution in [2.45, 2.75) is 0 Å². The van der Waals surface area contributed by atoms with E-state index < -0.39 is 0 Å². The number of nitrogens with two attached hydrogens (primary N) is 2. The molecule has 0 unspecified atom stereocenters. The normalized spacial score (nSPS) is 9.56. The van der Waals surface area contributed by atoms with Crippen LogP contribution in [0.5, 0.6) is 0 Å². The number of para-hydroxylation sites is 2. The van der Waals surface area contributed by atoms with Crippen molar-refractivity contribution >= 4 is 23.5 Å². The second-order valence-corrected chi connectivity index (χ2v) is 3.59. The average Bonchev–Trinajstić information content (AvgIpc) is 2.30. The van der Waals surface area contributed by atoms with Gasteiger partial charge in [0.2, 0.25) is 0 Å². The van der Waals surface area contributed by atoms with Crippen LogP contribution in [0.3, 0.4) is 0 Å². The second kappa shape index (κ2) is 8.81. The molecule has 0 saturated carbocycles. The predicted octanol–water partition coefficient (Wildman–Crippen LogP) is -2.75. The third-order valence-corrected chi connectivity index (χ3v) is 2.43. The zero-order valence-electron chi connectivity index (χ0n) is 12.9. The van der Waals surface area contributed by atoms with E-state index in [0.29, 0.717) is 0 Å². The number of hydrogen-bond acceptors (Lipinski definition) is 2. The summed E-state index contributed by atoms with van der Waals surface area (Å²) in [5.74, 6) is 0. The quantitative estimate of drug-likeness (QED) is 0.349. The number of anilines is 2. The molecule has 2 aromatic carbocycles. The van der Waals surface area contributed by atoms with E-state index in [2.05, 4.69) is 0 Å². The molecule has 0 atom stereocenters. The van der Waals surface area contributed by atoms with Crippen LogP contribution in [0.1, 0.15) is 14.0 Å². The van der Waals surface area contributed by atoms with Crippen LogP contribution in [0.4, 0.5) is 11.4 Å². The van der Waals surface area contributed by atoms with E-state index in [1.54, 1.807) is 0 Å². The van der Waals surface area contributed by atoms with Gasteiger partial charge < -0.3 is 14.3 Å². The Balaban J connectivity index is -0.000000722. The molecule has 2 rings (SSSR count). The van der Waals surface area contributed by atoms with Crippen LogP contribution in [0, 0.1) is 0 Å². The number of nitrogen functional groups attached to an aromatic ring is 2. The van der Waals surface area contributed by atoms with Crippen LogP contribution in [-0.2, 0) is 0 Å². The first-order valence-corrected chi connectivity index (χ1v) is 5.14. The SMILES string of the molecule is Nc1ccccc1/C=C/c1ccccc1N.[H-].[H-].[Na+].[Na+]. The van der Waals surface area contributed by atoms with Crippen molar-refractivity contribution in [2.24, 2.45) is 0 Å². The van der Waals surface area contributed by atoms with Gasteiger partial charge in [0.1, 0.15) is 0 Å². The van der Waals surface area contributed by atoms with Gasteiger partial charge >= 0.3 is 59.1 Å². The topological polar surface area (TPSA) is 52.0 Å². The Hall–Kier alpha value is -0.220. The maximum atomic E-state index is 5.84. The standard InChI is InChI=1S/C14H14N2.2Na.2H/c15-13-7-3-1-5-11(13)9-10-12-6-2-4-8-14(12)16;;;;/h1-10H,15-16H2;;;;/q;2*+1;2*-1/b10-9+;;;;. The first-order chi connectivity index (χ1) is 7.77. The molecule has 0 radical (unpaired) electrons. The van der Waals surface area contributed by atoms with Gasteiger partial charge in [-0.3, -0.25) is 0 Å². The van der Waals surface area contributed by atoms with Gasteiger partial charge in [-0.05, 0) is 23.3 Å². The molecule has 18 heavy (non-hydrogen) atoms. The molecule has 2 nitrogen and oxygen atoms in total. The first kappa shape index (κ1) is 17.8. The van der Waals surface area contributed by atoms with Crippen molar-refractivity contribution in [3.63, 3.8) is 0 Å². The van der Waals surface area contributed by atoms with E-state index in [0.717, 1.165) is 22.5 Å². The van der Waals surface area contributed by atoms with Crippen molar-refractivity contribution in [3.8, 4) is 0 Å². The third-order valence-electron chi connectivity index (χ3n) is 2.43. The van der Waals surface area contributed by atoms with Crippen LogP contribution in [0.15, 0.2) is 48.5 Å². The van der Waals surface area contributed by atoms with Crippen LogP contribution in [-0.4, -0.2) is 0 Å². The molecule has 0 aliphatic carbocycles. The molecular formula is C14H16N2Na2. The number of rotatable bonds is 2. The summed E-state index contributed by atoms with van der Waals surface area (Å²) in [4.78, 5) is 0. The summed E-state index contributed by atoms with van der Waals surface area (Å²) in [6.07, 6.45) is 3.95. The summed E-state index contributed by atoms with van der Waals surface area (Å²) in [5.41, 5.74) is 15.2. The molecule has 84 valence electrons. The summed E-state index contributed by atoms with van der Waals surface area (Å²) in [5, 5.41) is 0. The number of hydrogen-bond donors (Lipinski definition) is 2. The fraction of sp³-hybridized carbons (Fsp3) is 0. The molecular weight excluding hydrogens is 242 g/mol.